The Morgan fingerprint density at radius 2 is 2.25 bits per heavy atom. The molecule has 20 heavy (non-hydrogen) atoms. The van der Waals surface area contributed by atoms with Crippen molar-refractivity contribution in [2.45, 2.75) is 30.2 Å². The minimum absolute atomic E-state index is 0.0396. The highest BCUT2D eigenvalue weighted by Gasteiger charge is 2.38. The molecule has 1 aromatic rings. The van der Waals surface area contributed by atoms with E-state index in [1.54, 1.807) is 0 Å². The Kier molecular flexibility index (Phi) is 3.83. The van der Waals surface area contributed by atoms with Crippen LogP contribution in [0.2, 0.25) is 0 Å². The lowest BCUT2D eigenvalue weighted by Gasteiger charge is -2.19. The van der Waals surface area contributed by atoms with Gasteiger partial charge in [0.15, 0.2) is 0 Å². The molecule has 1 fully saturated rings. The molecular formula is C12H15N3O4S. The largest absolute Gasteiger partial charge is 0.477 e. The van der Waals surface area contributed by atoms with Crippen LogP contribution in [-0.2, 0) is 17.1 Å². The van der Waals surface area contributed by atoms with Gasteiger partial charge in [-0.2, -0.15) is 9.57 Å². The van der Waals surface area contributed by atoms with E-state index >= 15 is 0 Å². The highest BCUT2D eigenvalue weighted by molar-refractivity contribution is 7.89. The molecular weight excluding hydrogens is 282 g/mol. The minimum Gasteiger partial charge on any atom is -0.477 e. The molecule has 1 aromatic heterocycles. The van der Waals surface area contributed by atoms with E-state index in [4.69, 9.17) is 10.4 Å². The number of aryl methyl sites for hydroxylation is 1. The molecule has 8 heteroatoms. The third-order valence-corrected chi connectivity index (χ3v) is 5.12. The summed E-state index contributed by atoms with van der Waals surface area (Å²) in [6, 6.07) is 3.02. The molecule has 1 aliphatic carbocycles. The summed E-state index contributed by atoms with van der Waals surface area (Å²) >= 11 is 0. The fraction of sp³-hybridized carbons (Fsp3) is 0.500. The number of nitrogens with zero attached hydrogens (tertiary/aromatic N) is 3. The summed E-state index contributed by atoms with van der Waals surface area (Å²) in [5.74, 6) is -1.18. The van der Waals surface area contributed by atoms with Crippen molar-refractivity contribution in [1.29, 1.82) is 5.26 Å². The zero-order valence-electron chi connectivity index (χ0n) is 11.0. The quantitative estimate of drug-likeness (QED) is 0.836. The summed E-state index contributed by atoms with van der Waals surface area (Å²) in [6.45, 7) is 0.140. The SMILES string of the molecule is Cn1cc(S(=O)(=O)N(CCC#N)C2CC2)cc1C(=O)O. The van der Waals surface area contributed by atoms with Crippen LogP contribution in [0.3, 0.4) is 0 Å². The van der Waals surface area contributed by atoms with Crippen molar-refractivity contribution in [3.8, 4) is 6.07 Å². The van der Waals surface area contributed by atoms with Gasteiger partial charge in [-0.15, -0.1) is 0 Å². The van der Waals surface area contributed by atoms with Gasteiger partial charge in [0.25, 0.3) is 0 Å². The minimum atomic E-state index is -3.75. The molecule has 1 aliphatic rings. The van der Waals surface area contributed by atoms with E-state index in [0.29, 0.717) is 0 Å². The second-order valence-electron chi connectivity index (χ2n) is 4.73. The molecule has 0 aromatic carbocycles. The number of carboxylic acids is 1. The van der Waals surface area contributed by atoms with Crippen molar-refractivity contribution in [2.75, 3.05) is 6.54 Å². The molecule has 1 N–H and O–H groups in total. The van der Waals surface area contributed by atoms with E-state index in [1.165, 1.54) is 22.1 Å². The van der Waals surface area contributed by atoms with Crippen molar-refractivity contribution in [3.63, 3.8) is 0 Å². The Balaban J connectivity index is 2.35. The van der Waals surface area contributed by atoms with Crippen LogP contribution in [0.1, 0.15) is 29.8 Å². The van der Waals surface area contributed by atoms with Crippen LogP contribution in [0.4, 0.5) is 0 Å². The fourth-order valence-corrected chi connectivity index (χ4v) is 3.80. The monoisotopic (exact) mass is 297 g/mol. The van der Waals surface area contributed by atoms with E-state index in [0.717, 1.165) is 18.9 Å². The van der Waals surface area contributed by atoms with Gasteiger partial charge in [0.2, 0.25) is 10.0 Å². The second-order valence-corrected chi connectivity index (χ2v) is 6.62. The molecule has 0 aliphatic heterocycles. The fourth-order valence-electron chi connectivity index (χ4n) is 2.05. The lowest BCUT2D eigenvalue weighted by molar-refractivity contribution is 0.0686. The Bertz CT molecular complexity index is 667. The molecule has 0 spiro atoms. The zero-order valence-corrected chi connectivity index (χ0v) is 11.8. The maximum atomic E-state index is 12.5. The number of carboxylic acid groups (broad SMARTS) is 1. The first-order chi connectivity index (χ1) is 9.37. The topological polar surface area (TPSA) is 103 Å². The Morgan fingerprint density at radius 3 is 2.70 bits per heavy atom. The van der Waals surface area contributed by atoms with Gasteiger partial charge in [-0.25, -0.2) is 13.2 Å². The molecule has 108 valence electrons. The Labute approximate surface area is 117 Å². The highest BCUT2D eigenvalue weighted by Crippen LogP contribution is 2.32. The van der Waals surface area contributed by atoms with Crippen molar-refractivity contribution >= 4 is 16.0 Å². The molecule has 7 nitrogen and oxygen atoms in total. The number of rotatable bonds is 6. The van der Waals surface area contributed by atoms with Crippen LogP contribution >= 0.6 is 0 Å². The summed E-state index contributed by atoms with van der Waals surface area (Å²) in [4.78, 5) is 10.9. The normalized spacial score (nSPS) is 15.2. The van der Waals surface area contributed by atoms with Crippen molar-refractivity contribution < 1.29 is 18.3 Å². The molecule has 1 saturated carbocycles. The maximum Gasteiger partial charge on any atom is 0.352 e. The summed E-state index contributed by atoms with van der Waals surface area (Å²) in [7, 11) is -2.26. The first-order valence-electron chi connectivity index (χ1n) is 6.16. The number of aromatic nitrogens is 1. The van der Waals surface area contributed by atoms with Crippen LogP contribution in [0, 0.1) is 11.3 Å². The van der Waals surface area contributed by atoms with E-state index in [-0.39, 0.29) is 29.6 Å². The standard InChI is InChI=1S/C12H15N3O4S/c1-14-8-10(7-11(14)12(16)17)20(18,19)15(6-2-5-13)9-3-4-9/h7-9H,2-4,6H2,1H3,(H,16,17). The van der Waals surface area contributed by atoms with Crippen molar-refractivity contribution in [2.24, 2.45) is 7.05 Å². The van der Waals surface area contributed by atoms with E-state index in [9.17, 15) is 13.2 Å². The van der Waals surface area contributed by atoms with Crippen LogP contribution in [-0.4, -0.2) is 41.0 Å². The predicted molar refractivity (Wildman–Crippen MR) is 69.5 cm³/mol. The van der Waals surface area contributed by atoms with Gasteiger partial charge in [0, 0.05) is 32.3 Å². The van der Waals surface area contributed by atoms with Crippen molar-refractivity contribution in [1.82, 2.24) is 8.87 Å². The summed E-state index contributed by atoms with van der Waals surface area (Å²) in [5, 5.41) is 17.6. The number of nitriles is 1. The molecule has 0 atom stereocenters. The summed E-state index contributed by atoms with van der Waals surface area (Å²) in [6.07, 6.45) is 2.97. The van der Waals surface area contributed by atoms with Gasteiger partial charge >= 0.3 is 5.97 Å². The lowest BCUT2D eigenvalue weighted by atomic mass is 10.4. The summed E-state index contributed by atoms with van der Waals surface area (Å²) in [5.41, 5.74) is -0.0837. The van der Waals surface area contributed by atoms with Crippen LogP contribution in [0.25, 0.3) is 0 Å². The van der Waals surface area contributed by atoms with Crippen molar-refractivity contribution in [3.05, 3.63) is 18.0 Å². The van der Waals surface area contributed by atoms with Gasteiger partial charge in [-0.05, 0) is 18.9 Å². The number of sulfonamides is 1. The van der Waals surface area contributed by atoms with Crippen LogP contribution in [0.15, 0.2) is 17.2 Å². The van der Waals surface area contributed by atoms with Gasteiger partial charge in [0.05, 0.1) is 6.07 Å². The predicted octanol–water partition coefficient (Wildman–Crippen LogP) is 0.790. The average molecular weight is 297 g/mol. The molecule has 0 radical (unpaired) electrons. The average Bonchev–Trinajstić information content (AvgIpc) is 3.10. The smallest absolute Gasteiger partial charge is 0.352 e. The van der Waals surface area contributed by atoms with E-state index in [1.807, 2.05) is 6.07 Å². The Hall–Kier alpha value is -1.85. The molecule has 1 heterocycles. The van der Waals surface area contributed by atoms with Gasteiger partial charge in [0.1, 0.15) is 10.6 Å². The maximum absolute atomic E-state index is 12.5. The molecule has 0 bridgehead atoms. The number of hydrogen-bond acceptors (Lipinski definition) is 4. The summed E-state index contributed by atoms with van der Waals surface area (Å²) < 4.78 is 27.6. The molecule has 0 saturated heterocycles. The van der Waals surface area contributed by atoms with Gasteiger partial charge < -0.3 is 9.67 Å². The number of aromatic carboxylic acids is 1. The zero-order chi connectivity index (χ0) is 14.9. The van der Waals surface area contributed by atoms with E-state index in [2.05, 4.69) is 0 Å². The third-order valence-electron chi connectivity index (χ3n) is 3.20. The van der Waals surface area contributed by atoms with E-state index < -0.39 is 16.0 Å². The van der Waals surface area contributed by atoms with Gasteiger partial charge in [-0.3, -0.25) is 0 Å². The first-order valence-corrected chi connectivity index (χ1v) is 7.60. The van der Waals surface area contributed by atoms with Crippen LogP contribution in [0.5, 0.6) is 0 Å². The third kappa shape index (κ3) is 2.69. The first kappa shape index (κ1) is 14.6. The number of hydrogen-bond donors (Lipinski definition) is 1. The Morgan fingerprint density at radius 1 is 1.60 bits per heavy atom. The lowest BCUT2D eigenvalue weighted by Crippen LogP contribution is -2.33. The number of carbonyl (C=O) groups is 1. The molecule has 2 rings (SSSR count). The van der Waals surface area contributed by atoms with Gasteiger partial charge in [-0.1, -0.05) is 0 Å². The molecule has 0 amide bonds. The second kappa shape index (κ2) is 5.26. The van der Waals surface area contributed by atoms with Crippen LogP contribution < -0.4 is 0 Å². The molecule has 0 unspecified atom stereocenters. The highest BCUT2D eigenvalue weighted by atomic mass is 32.2.